The highest BCUT2D eigenvalue weighted by molar-refractivity contribution is 8.00. The van der Waals surface area contributed by atoms with Crippen LogP contribution in [0.5, 0.6) is 0 Å². The molecule has 23 heavy (non-hydrogen) atoms. The molecule has 6 heteroatoms. The van der Waals surface area contributed by atoms with Crippen molar-refractivity contribution >= 4 is 23.6 Å². The topological polar surface area (TPSA) is 55.4 Å². The third-order valence-electron chi connectivity index (χ3n) is 3.05. The second-order valence-electron chi connectivity index (χ2n) is 4.71. The van der Waals surface area contributed by atoms with Crippen molar-refractivity contribution in [2.75, 3.05) is 12.9 Å². The fraction of sp³-hybridized carbons (Fsp3) is 0.176. The van der Waals surface area contributed by atoms with E-state index in [4.69, 9.17) is 0 Å². The van der Waals surface area contributed by atoms with Crippen LogP contribution in [0.4, 0.5) is 4.39 Å². The van der Waals surface area contributed by atoms with E-state index in [0.29, 0.717) is 12.1 Å². The highest BCUT2D eigenvalue weighted by Gasteiger charge is 2.06. The fourth-order valence-corrected chi connectivity index (χ4v) is 2.54. The van der Waals surface area contributed by atoms with Crippen molar-refractivity contribution in [3.8, 4) is 0 Å². The number of halogens is 1. The average Bonchev–Trinajstić information content (AvgIpc) is 2.59. The van der Waals surface area contributed by atoms with E-state index >= 15 is 0 Å². The van der Waals surface area contributed by atoms with Gasteiger partial charge in [0.25, 0.3) is 0 Å². The summed E-state index contributed by atoms with van der Waals surface area (Å²) in [6.07, 6.45) is 0. The molecule has 4 nitrogen and oxygen atoms in total. The number of ether oxygens (including phenoxy) is 1. The summed E-state index contributed by atoms with van der Waals surface area (Å²) in [6, 6.07) is 12.8. The third kappa shape index (κ3) is 5.41. The van der Waals surface area contributed by atoms with Gasteiger partial charge >= 0.3 is 5.97 Å². The maximum Gasteiger partial charge on any atom is 0.337 e. The number of benzene rings is 2. The Labute approximate surface area is 138 Å². The number of amides is 1. The largest absolute Gasteiger partial charge is 0.465 e. The zero-order chi connectivity index (χ0) is 16.7. The summed E-state index contributed by atoms with van der Waals surface area (Å²) in [5.74, 6) is -0.548. The molecule has 0 aliphatic heterocycles. The van der Waals surface area contributed by atoms with E-state index in [-0.39, 0.29) is 17.5 Å². The number of esters is 1. The molecule has 120 valence electrons. The molecule has 0 radical (unpaired) electrons. The molecule has 0 aliphatic rings. The molecule has 1 N–H and O–H groups in total. The predicted octanol–water partition coefficient (Wildman–Crippen LogP) is 3.02. The van der Waals surface area contributed by atoms with Crippen molar-refractivity contribution < 1.29 is 18.7 Å². The minimum Gasteiger partial charge on any atom is -0.465 e. The van der Waals surface area contributed by atoms with E-state index in [1.165, 1.54) is 31.0 Å². The zero-order valence-electron chi connectivity index (χ0n) is 12.5. The van der Waals surface area contributed by atoms with Gasteiger partial charge in [0, 0.05) is 11.4 Å². The molecule has 0 bridgehead atoms. The molecule has 0 aromatic heterocycles. The van der Waals surface area contributed by atoms with Crippen molar-refractivity contribution in [2.45, 2.75) is 11.4 Å². The van der Waals surface area contributed by atoms with Gasteiger partial charge in [-0.1, -0.05) is 12.1 Å². The van der Waals surface area contributed by atoms with Crippen molar-refractivity contribution in [2.24, 2.45) is 0 Å². The summed E-state index contributed by atoms with van der Waals surface area (Å²) in [7, 11) is 1.33. The number of carbonyl (C=O) groups is 2. The Balaban J connectivity index is 1.77. The van der Waals surface area contributed by atoms with Crippen LogP contribution in [0.15, 0.2) is 53.4 Å². The van der Waals surface area contributed by atoms with Crippen LogP contribution in [-0.2, 0) is 16.1 Å². The first-order valence-electron chi connectivity index (χ1n) is 6.91. The summed E-state index contributed by atoms with van der Waals surface area (Å²) in [4.78, 5) is 23.9. The van der Waals surface area contributed by atoms with E-state index < -0.39 is 5.97 Å². The van der Waals surface area contributed by atoms with Gasteiger partial charge in [-0.3, -0.25) is 4.79 Å². The maximum atomic E-state index is 12.8. The molecule has 0 heterocycles. The molecule has 0 spiro atoms. The fourth-order valence-electron chi connectivity index (χ4n) is 1.81. The molecule has 0 saturated heterocycles. The molecular formula is C17H16FNO3S. The van der Waals surface area contributed by atoms with Gasteiger partial charge in [0.2, 0.25) is 5.91 Å². The summed E-state index contributed by atoms with van der Waals surface area (Å²) in [6.45, 7) is 0.379. The normalized spacial score (nSPS) is 10.2. The minimum absolute atomic E-state index is 0.114. The van der Waals surface area contributed by atoms with Crippen LogP contribution < -0.4 is 5.32 Å². The highest BCUT2D eigenvalue weighted by Crippen LogP contribution is 2.17. The van der Waals surface area contributed by atoms with Gasteiger partial charge in [0.05, 0.1) is 18.4 Å². The van der Waals surface area contributed by atoms with Crippen molar-refractivity contribution in [3.05, 3.63) is 65.5 Å². The molecule has 0 aliphatic carbocycles. The van der Waals surface area contributed by atoms with E-state index in [1.807, 2.05) is 0 Å². The van der Waals surface area contributed by atoms with Crippen LogP contribution in [0.3, 0.4) is 0 Å². The van der Waals surface area contributed by atoms with Crippen molar-refractivity contribution in [1.82, 2.24) is 5.32 Å². The van der Waals surface area contributed by atoms with Gasteiger partial charge < -0.3 is 10.1 Å². The molecule has 0 fully saturated rings. The second-order valence-corrected chi connectivity index (χ2v) is 5.76. The quantitative estimate of drug-likeness (QED) is 0.652. The molecule has 2 rings (SSSR count). The predicted molar refractivity (Wildman–Crippen MR) is 86.8 cm³/mol. The van der Waals surface area contributed by atoms with Gasteiger partial charge in [-0.05, 0) is 42.0 Å². The van der Waals surface area contributed by atoms with Crippen LogP contribution in [0.2, 0.25) is 0 Å². The summed E-state index contributed by atoms with van der Waals surface area (Å²) < 4.78 is 17.4. The first kappa shape index (κ1) is 17.0. The van der Waals surface area contributed by atoms with Gasteiger partial charge in [-0.25, -0.2) is 9.18 Å². The van der Waals surface area contributed by atoms with E-state index in [1.54, 1.807) is 36.4 Å². The number of carbonyl (C=O) groups excluding carboxylic acids is 2. The number of nitrogens with one attached hydrogen (secondary N) is 1. The van der Waals surface area contributed by atoms with Crippen LogP contribution in [0.1, 0.15) is 15.9 Å². The Hall–Kier alpha value is -2.34. The third-order valence-corrected chi connectivity index (χ3v) is 4.06. The molecular weight excluding hydrogens is 317 g/mol. The Morgan fingerprint density at radius 3 is 2.35 bits per heavy atom. The summed E-state index contributed by atoms with van der Waals surface area (Å²) in [5, 5.41) is 2.79. The summed E-state index contributed by atoms with van der Waals surface area (Å²) in [5.41, 5.74) is 1.35. The lowest BCUT2D eigenvalue weighted by Gasteiger charge is -2.06. The van der Waals surface area contributed by atoms with E-state index in [9.17, 15) is 14.0 Å². The molecule has 0 unspecified atom stereocenters. The first-order chi connectivity index (χ1) is 11.1. The summed E-state index contributed by atoms with van der Waals surface area (Å²) >= 11 is 1.34. The van der Waals surface area contributed by atoms with Gasteiger partial charge in [-0.15, -0.1) is 11.8 Å². The lowest BCUT2D eigenvalue weighted by molar-refractivity contribution is -0.118. The number of rotatable bonds is 6. The Morgan fingerprint density at radius 1 is 1.09 bits per heavy atom. The molecule has 1 amide bonds. The molecule has 0 atom stereocenters. The monoisotopic (exact) mass is 333 g/mol. The number of hydrogen-bond donors (Lipinski definition) is 1. The Bertz CT molecular complexity index is 671. The molecule has 2 aromatic carbocycles. The molecule has 2 aromatic rings. The maximum absolute atomic E-state index is 12.8. The van der Waals surface area contributed by atoms with E-state index in [2.05, 4.69) is 10.1 Å². The molecule has 0 saturated carbocycles. The average molecular weight is 333 g/mol. The smallest absolute Gasteiger partial charge is 0.337 e. The Morgan fingerprint density at radius 2 is 1.74 bits per heavy atom. The van der Waals surface area contributed by atoms with Gasteiger partial charge in [0.15, 0.2) is 0 Å². The van der Waals surface area contributed by atoms with Crippen LogP contribution in [0.25, 0.3) is 0 Å². The van der Waals surface area contributed by atoms with Crippen molar-refractivity contribution in [3.63, 3.8) is 0 Å². The lowest BCUT2D eigenvalue weighted by atomic mass is 10.1. The second kappa shape index (κ2) is 8.33. The number of thioether (sulfide) groups is 1. The zero-order valence-corrected chi connectivity index (χ0v) is 13.4. The van der Waals surface area contributed by atoms with Gasteiger partial charge in [0.1, 0.15) is 5.82 Å². The van der Waals surface area contributed by atoms with E-state index in [0.717, 1.165) is 10.5 Å². The standard InChI is InChI=1S/C17H16FNO3S/c1-22-17(21)13-4-2-12(3-5-13)10-19-16(20)11-23-15-8-6-14(18)7-9-15/h2-9H,10-11H2,1H3,(H,19,20). The van der Waals surface area contributed by atoms with Crippen LogP contribution in [0, 0.1) is 5.82 Å². The number of methoxy groups -OCH3 is 1. The first-order valence-corrected chi connectivity index (χ1v) is 7.89. The Kier molecular flexibility index (Phi) is 6.17. The van der Waals surface area contributed by atoms with Gasteiger partial charge in [-0.2, -0.15) is 0 Å². The highest BCUT2D eigenvalue weighted by atomic mass is 32.2. The van der Waals surface area contributed by atoms with Crippen molar-refractivity contribution in [1.29, 1.82) is 0 Å². The number of hydrogen-bond acceptors (Lipinski definition) is 4. The lowest BCUT2D eigenvalue weighted by Crippen LogP contribution is -2.24. The van der Waals surface area contributed by atoms with Crippen LogP contribution >= 0.6 is 11.8 Å². The SMILES string of the molecule is COC(=O)c1ccc(CNC(=O)CSc2ccc(F)cc2)cc1. The minimum atomic E-state index is -0.392. The van der Waals surface area contributed by atoms with Crippen LogP contribution in [-0.4, -0.2) is 24.7 Å².